The molecule has 7 heteroatoms. The molecule has 0 radical (unpaired) electrons. The standard InChI is InChI=1S/C21H19FN4OS/c22-16-13-15(9-10-18(16)26-12-11-23-14-26)24-20(27)7-3-4-8-21-25-17-5-1-2-6-19(17)28-21/h1-2,5-6,9-14H,3-4,7-8H2,(H,24,27). The highest BCUT2D eigenvalue weighted by atomic mass is 32.1. The highest BCUT2D eigenvalue weighted by molar-refractivity contribution is 7.18. The minimum Gasteiger partial charge on any atom is -0.326 e. The molecule has 0 atom stereocenters. The summed E-state index contributed by atoms with van der Waals surface area (Å²) in [4.78, 5) is 20.6. The predicted molar refractivity (Wildman–Crippen MR) is 109 cm³/mol. The van der Waals surface area contributed by atoms with Gasteiger partial charge in [0.05, 0.1) is 27.2 Å². The number of nitrogens with one attached hydrogen (secondary N) is 1. The monoisotopic (exact) mass is 394 g/mol. The zero-order valence-electron chi connectivity index (χ0n) is 15.1. The summed E-state index contributed by atoms with van der Waals surface area (Å²) >= 11 is 1.70. The summed E-state index contributed by atoms with van der Waals surface area (Å²) < 4.78 is 17.0. The van der Waals surface area contributed by atoms with E-state index < -0.39 is 5.82 Å². The fourth-order valence-electron chi connectivity index (χ4n) is 3.01. The van der Waals surface area contributed by atoms with Crippen molar-refractivity contribution < 1.29 is 9.18 Å². The van der Waals surface area contributed by atoms with Gasteiger partial charge in [-0.05, 0) is 49.6 Å². The SMILES string of the molecule is O=C(CCCCc1nc2ccccc2s1)Nc1ccc(-n2ccnc2)c(F)c1. The van der Waals surface area contributed by atoms with Crippen LogP contribution in [0.3, 0.4) is 0 Å². The molecule has 0 saturated carbocycles. The number of para-hydroxylation sites is 1. The smallest absolute Gasteiger partial charge is 0.224 e. The van der Waals surface area contributed by atoms with Crippen LogP contribution >= 0.6 is 11.3 Å². The highest BCUT2D eigenvalue weighted by Gasteiger charge is 2.08. The summed E-state index contributed by atoms with van der Waals surface area (Å²) in [7, 11) is 0. The van der Waals surface area contributed by atoms with Crippen molar-refractivity contribution in [3.8, 4) is 5.69 Å². The van der Waals surface area contributed by atoms with Gasteiger partial charge in [0.15, 0.2) is 0 Å². The third-order valence-electron chi connectivity index (χ3n) is 4.40. The number of aryl methyl sites for hydroxylation is 1. The second-order valence-corrected chi connectivity index (χ2v) is 7.58. The summed E-state index contributed by atoms with van der Waals surface area (Å²) in [5.74, 6) is -0.522. The van der Waals surface area contributed by atoms with Crippen LogP contribution in [0.4, 0.5) is 10.1 Å². The normalized spacial score (nSPS) is 11.0. The number of unbranched alkanes of at least 4 members (excludes halogenated alkanes) is 1. The number of aromatic nitrogens is 3. The maximum Gasteiger partial charge on any atom is 0.224 e. The summed E-state index contributed by atoms with van der Waals surface area (Å²) in [5, 5.41) is 3.85. The van der Waals surface area contributed by atoms with E-state index in [0.29, 0.717) is 17.8 Å². The molecule has 0 aliphatic heterocycles. The number of rotatable bonds is 7. The van der Waals surface area contributed by atoms with Crippen molar-refractivity contribution in [1.29, 1.82) is 0 Å². The summed E-state index contributed by atoms with van der Waals surface area (Å²) in [6, 6.07) is 12.7. The van der Waals surface area contributed by atoms with Crippen molar-refractivity contribution in [2.75, 3.05) is 5.32 Å². The second-order valence-electron chi connectivity index (χ2n) is 6.47. The van der Waals surface area contributed by atoms with E-state index in [2.05, 4.69) is 21.4 Å². The topological polar surface area (TPSA) is 59.8 Å². The van der Waals surface area contributed by atoms with Gasteiger partial charge in [-0.25, -0.2) is 14.4 Å². The zero-order chi connectivity index (χ0) is 19.3. The maximum atomic E-state index is 14.2. The lowest BCUT2D eigenvalue weighted by atomic mass is 10.2. The lowest BCUT2D eigenvalue weighted by Crippen LogP contribution is -2.11. The van der Waals surface area contributed by atoms with Gasteiger partial charge in [0.1, 0.15) is 5.82 Å². The van der Waals surface area contributed by atoms with Crippen LogP contribution in [0.25, 0.3) is 15.9 Å². The number of nitrogens with zero attached hydrogens (tertiary/aromatic N) is 3. The first-order valence-corrected chi connectivity index (χ1v) is 9.93. The molecule has 2 aromatic heterocycles. The van der Waals surface area contributed by atoms with Gasteiger partial charge in [0.25, 0.3) is 0 Å². The van der Waals surface area contributed by atoms with Crippen molar-refractivity contribution in [2.45, 2.75) is 25.7 Å². The quantitative estimate of drug-likeness (QED) is 0.450. The van der Waals surface area contributed by atoms with E-state index in [1.165, 1.54) is 17.1 Å². The van der Waals surface area contributed by atoms with Crippen molar-refractivity contribution in [1.82, 2.24) is 14.5 Å². The van der Waals surface area contributed by atoms with E-state index in [1.807, 2.05) is 18.2 Å². The van der Waals surface area contributed by atoms with Crippen LogP contribution < -0.4 is 5.32 Å². The Morgan fingerprint density at radius 2 is 2.07 bits per heavy atom. The minimum absolute atomic E-state index is 0.112. The average Bonchev–Trinajstić information content (AvgIpc) is 3.35. The number of carbonyl (C=O) groups excluding carboxylic acids is 1. The molecule has 0 saturated heterocycles. The number of fused-ring (bicyclic) bond motifs is 1. The number of anilines is 1. The molecule has 0 bridgehead atoms. The molecule has 0 fully saturated rings. The van der Waals surface area contributed by atoms with E-state index in [-0.39, 0.29) is 5.91 Å². The maximum absolute atomic E-state index is 14.2. The number of hydrogen-bond donors (Lipinski definition) is 1. The van der Waals surface area contributed by atoms with Gasteiger partial charge in [-0.2, -0.15) is 0 Å². The van der Waals surface area contributed by atoms with Gasteiger partial charge in [0.2, 0.25) is 5.91 Å². The third-order valence-corrected chi connectivity index (χ3v) is 5.49. The molecule has 0 aliphatic rings. The predicted octanol–water partition coefficient (Wildman–Crippen LogP) is 4.97. The number of imidazole rings is 1. The van der Waals surface area contributed by atoms with Crippen molar-refractivity contribution in [3.63, 3.8) is 0 Å². The summed E-state index contributed by atoms with van der Waals surface area (Å²) in [6.45, 7) is 0. The molecule has 0 unspecified atom stereocenters. The lowest BCUT2D eigenvalue weighted by Gasteiger charge is -2.08. The van der Waals surface area contributed by atoms with Crippen LogP contribution in [0.15, 0.2) is 61.2 Å². The lowest BCUT2D eigenvalue weighted by molar-refractivity contribution is -0.116. The average molecular weight is 394 g/mol. The first-order valence-electron chi connectivity index (χ1n) is 9.11. The van der Waals surface area contributed by atoms with Crippen molar-refractivity contribution in [3.05, 3.63) is 72.0 Å². The van der Waals surface area contributed by atoms with Crippen molar-refractivity contribution >= 4 is 33.1 Å². The molecular weight excluding hydrogens is 375 g/mol. The van der Waals surface area contributed by atoms with E-state index in [1.54, 1.807) is 40.4 Å². The molecule has 4 rings (SSSR count). The van der Waals surface area contributed by atoms with Gasteiger partial charge >= 0.3 is 0 Å². The fourth-order valence-corrected chi connectivity index (χ4v) is 4.02. The molecule has 0 aliphatic carbocycles. The first-order chi connectivity index (χ1) is 13.7. The van der Waals surface area contributed by atoms with E-state index in [4.69, 9.17) is 0 Å². The summed E-state index contributed by atoms with van der Waals surface area (Å²) in [6.07, 6.45) is 7.70. The Bertz CT molecular complexity index is 1060. The van der Waals surface area contributed by atoms with Gasteiger partial charge in [-0.15, -0.1) is 11.3 Å². The Morgan fingerprint density at radius 1 is 1.18 bits per heavy atom. The highest BCUT2D eigenvalue weighted by Crippen LogP contribution is 2.23. The molecular formula is C21H19FN4OS. The second kappa shape index (κ2) is 8.31. The number of amides is 1. The molecule has 0 spiro atoms. The van der Waals surface area contributed by atoms with E-state index in [9.17, 15) is 9.18 Å². The van der Waals surface area contributed by atoms with Crippen LogP contribution in [-0.4, -0.2) is 20.4 Å². The molecule has 1 N–H and O–H groups in total. The van der Waals surface area contributed by atoms with Gasteiger partial charge < -0.3 is 9.88 Å². The van der Waals surface area contributed by atoms with Gasteiger partial charge in [-0.3, -0.25) is 4.79 Å². The number of carbonyl (C=O) groups is 1. The van der Waals surface area contributed by atoms with E-state index in [0.717, 1.165) is 29.8 Å². The molecule has 2 heterocycles. The molecule has 28 heavy (non-hydrogen) atoms. The fraction of sp³-hybridized carbons (Fsp3) is 0.190. The van der Waals surface area contributed by atoms with Crippen LogP contribution in [-0.2, 0) is 11.2 Å². The molecule has 1 amide bonds. The number of hydrogen-bond acceptors (Lipinski definition) is 4. The molecule has 2 aromatic carbocycles. The third kappa shape index (κ3) is 4.26. The first kappa shape index (κ1) is 18.3. The van der Waals surface area contributed by atoms with Crippen molar-refractivity contribution in [2.24, 2.45) is 0 Å². The molecule has 4 aromatic rings. The number of benzene rings is 2. The Hall–Kier alpha value is -3.06. The minimum atomic E-state index is -0.411. The Labute approximate surface area is 165 Å². The number of thiazole rings is 1. The Morgan fingerprint density at radius 3 is 2.86 bits per heavy atom. The van der Waals surface area contributed by atoms with Crippen LogP contribution in [0.1, 0.15) is 24.3 Å². The van der Waals surface area contributed by atoms with Gasteiger partial charge in [0, 0.05) is 24.5 Å². The van der Waals surface area contributed by atoms with Crippen LogP contribution in [0, 0.1) is 5.82 Å². The van der Waals surface area contributed by atoms with E-state index >= 15 is 0 Å². The molecule has 142 valence electrons. The Balaban J connectivity index is 1.26. The van der Waals surface area contributed by atoms with Crippen LogP contribution in [0.5, 0.6) is 0 Å². The van der Waals surface area contributed by atoms with Gasteiger partial charge in [-0.1, -0.05) is 12.1 Å². The number of halogens is 1. The summed E-state index contributed by atoms with van der Waals surface area (Å²) in [5.41, 5.74) is 1.88. The largest absolute Gasteiger partial charge is 0.326 e. The molecule has 5 nitrogen and oxygen atoms in total. The van der Waals surface area contributed by atoms with Crippen LogP contribution in [0.2, 0.25) is 0 Å². The zero-order valence-corrected chi connectivity index (χ0v) is 16.0. The Kier molecular flexibility index (Phi) is 5.43.